The zero-order chi connectivity index (χ0) is 15.9. The lowest BCUT2D eigenvalue weighted by atomic mass is 10.2. The second kappa shape index (κ2) is 7.84. The molecule has 2 rings (SSSR count). The second-order valence-electron chi connectivity index (χ2n) is 4.87. The van der Waals surface area contributed by atoms with E-state index in [2.05, 4.69) is 21.2 Å². The van der Waals surface area contributed by atoms with E-state index in [4.69, 9.17) is 4.74 Å². The fourth-order valence-corrected chi connectivity index (χ4v) is 2.39. The van der Waals surface area contributed by atoms with Crippen molar-refractivity contribution in [2.24, 2.45) is 0 Å². The van der Waals surface area contributed by atoms with Gasteiger partial charge in [-0.1, -0.05) is 34.1 Å². The highest BCUT2D eigenvalue weighted by molar-refractivity contribution is 9.10. The summed E-state index contributed by atoms with van der Waals surface area (Å²) in [6, 6.07) is 15.1. The van der Waals surface area contributed by atoms with Crippen molar-refractivity contribution in [3.05, 3.63) is 58.6 Å². The molecule has 0 saturated carbocycles. The Morgan fingerprint density at radius 3 is 2.59 bits per heavy atom. The van der Waals surface area contributed by atoms with E-state index >= 15 is 0 Å². The molecule has 0 unspecified atom stereocenters. The van der Waals surface area contributed by atoms with Crippen molar-refractivity contribution in [3.8, 4) is 5.75 Å². The Morgan fingerprint density at radius 2 is 1.95 bits per heavy atom. The number of urea groups is 1. The molecule has 116 valence electrons. The van der Waals surface area contributed by atoms with E-state index in [0.29, 0.717) is 13.2 Å². The smallest absolute Gasteiger partial charge is 0.321 e. The van der Waals surface area contributed by atoms with Gasteiger partial charge in [-0.05, 0) is 42.8 Å². The van der Waals surface area contributed by atoms with Crippen LogP contribution in [0.4, 0.5) is 10.5 Å². The summed E-state index contributed by atoms with van der Waals surface area (Å²) in [4.78, 5) is 13.8. The predicted molar refractivity (Wildman–Crippen MR) is 92.2 cm³/mol. The lowest BCUT2D eigenvalue weighted by Crippen LogP contribution is -2.30. The van der Waals surface area contributed by atoms with Crippen molar-refractivity contribution in [2.75, 3.05) is 19.0 Å². The summed E-state index contributed by atoms with van der Waals surface area (Å²) in [6.45, 7) is 3.13. The summed E-state index contributed by atoms with van der Waals surface area (Å²) in [6.07, 6.45) is 0. The third kappa shape index (κ3) is 4.77. The van der Waals surface area contributed by atoms with Crippen molar-refractivity contribution in [2.45, 2.75) is 13.5 Å². The van der Waals surface area contributed by atoms with Crippen molar-refractivity contribution in [3.63, 3.8) is 0 Å². The van der Waals surface area contributed by atoms with Crippen LogP contribution < -0.4 is 10.1 Å². The van der Waals surface area contributed by atoms with Gasteiger partial charge in [-0.15, -0.1) is 0 Å². The first kappa shape index (κ1) is 16.4. The highest BCUT2D eigenvalue weighted by atomic mass is 79.9. The molecule has 0 fully saturated rings. The van der Waals surface area contributed by atoms with E-state index < -0.39 is 0 Å². The van der Waals surface area contributed by atoms with Gasteiger partial charge in [-0.25, -0.2) is 4.79 Å². The van der Waals surface area contributed by atoms with Crippen LogP contribution in [-0.2, 0) is 6.54 Å². The van der Waals surface area contributed by atoms with Gasteiger partial charge in [-0.2, -0.15) is 0 Å². The normalized spacial score (nSPS) is 10.1. The lowest BCUT2D eigenvalue weighted by Gasteiger charge is -2.18. The van der Waals surface area contributed by atoms with Crippen LogP contribution in [0.25, 0.3) is 0 Å². The number of rotatable bonds is 5. The lowest BCUT2D eigenvalue weighted by molar-refractivity contribution is 0.220. The molecular weight excluding hydrogens is 344 g/mol. The topological polar surface area (TPSA) is 41.6 Å². The first-order valence-corrected chi connectivity index (χ1v) is 7.87. The highest BCUT2D eigenvalue weighted by Gasteiger charge is 2.09. The molecule has 2 aromatic carbocycles. The standard InChI is InChI=1S/C17H19BrN2O2/c1-3-22-16-9-7-13(8-10-16)12-20(2)17(21)19-15-6-4-5-14(18)11-15/h4-11H,3,12H2,1-2H3,(H,19,21). The summed E-state index contributed by atoms with van der Waals surface area (Å²) in [5, 5.41) is 2.87. The molecule has 0 aliphatic rings. The summed E-state index contributed by atoms with van der Waals surface area (Å²) >= 11 is 3.39. The number of amides is 2. The Labute approximate surface area is 139 Å². The molecule has 0 atom stereocenters. The van der Waals surface area contributed by atoms with Gasteiger partial charge < -0.3 is 15.0 Å². The van der Waals surface area contributed by atoms with Gasteiger partial charge in [0, 0.05) is 23.8 Å². The summed E-state index contributed by atoms with van der Waals surface area (Å²) in [5.41, 5.74) is 1.81. The molecule has 4 nitrogen and oxygen atoms in total. The fraction of sp³-hybridized carbons (Fsp3) is 0.235. The number of anilines is 1. The average molecular weight is 363 g/mol. The maximum atomic E-state index is 12.2. The van der Waals surface area contributed by atoms with Crippen LogP contribution in [-0.4, -0.2) is 24.6 Å². The van der Waals surface area contributed by atoms with Crippen molar-refractivity contribution in [1.82, 2.24) is 4.90 Å². The number of ether oxygens (including phenoxy) is 1. The molecule has 0 aromatic heterocycles. The Balaban J connectivity index is 1.93. The molecule has 0 aliphatic carbocycles. The molecule has 0 radical (unpaired) electrons. The van der Waals surface area contributed by atoms with Gasteiger partial charge in [-0.3, -0.25) is 0 Å². The number of hydrogen-bond donors (Lipinski definition) is 1. The van der Waals surface area contributed by atoms with Crippen LogP contribution in [0.5, 0.6) is 5.75 Å². The first-order valence-electron chi connectivity index (χ1n) is 7.08. The number of hydrogen-bond acceptors (Lipinski definition) is 2. The van der Waals surface area contributed by atoms with Gasteiger partial charge in [0.05, 0.1) is 6.61 Å². The Morgan fingerprint density at radius 1 is 1.23 bits per heavy atom. The Bertz CT molecular complexity index is 629. The molecule has 2 amide bonds. The van der Waals surface area contributed by atoms with Crippen LogP contribution in [0.1, 0.15) is 12.5 Å². The van der Waals surface area contributed by atoms with Crippen molar-refractivity contribution >= 4 is 27.6 Å². The molecule has 0 spiro atoms. The van der Waals surface area contributed by atoms with Crippen LogP contribution in [0.2, 0.25) is 0 Å². The number of nitrogens with one attached hydrogen (secondary N) is 1. The zero-order valence-corrected chi connectivity index (χ0v) is 14.3. The highest BCUT2D eigenvalue weighted by Crippen LogP contribution is 2.17. The second-order valence-corrected chi connectivity index (χ2v) is 5.79. The fourth-order valence-electron chi connectivity index (χ4n) is 1.99. The molecule has 5 heteroatoms. The van der Waals surface area contributed by atoms with Gasteiger partial charge in [0.1, 0.15) is 5.75 Å². The molecule has 0 heterocycles. The molecule has 1 N–H and O–H groups in total. The number of carbonyl (C=O) groups excluding carboxylic acids is 1. The summed E-state index contributed by atoms with van der Waals surface area (Å²) < 4.78 is 6.34. The number of carbonyl (C=O) groups is 1. The molecular formula is C17H19BrN2O2. The third-order valence-corrected chi connectivity index (χ3v) is 3.57. The number of halogens is 1. The summed E-state index contributed by atoms with van der Waals surface area (Å²) in [5.74, 6) is 0.840. The maximum absolute atomic E-state index is 12.2. The first-order chi connectivity index (χ1) is 10.6. The molecule has 0 bridgehead atoms. The zero-order valence-electron chi connectivity index (χ0n) is 12.7. The Kier molecular flexibility index (Phi) is 5.83. The summed E-state index contributed by atoms with van der Waals surface area (Å²) in [7, 11) is 1.77. The molecule has 22 heavy (non-hydrogen) atoms. The SMILES string of the molecule is CCOc1ccc(CN(C)C(=O)Nc2cccc(Br)c2)cc1. The number of nitrogens with zero attached hydrogens (tertiary/aromatic N) is 1. The Hall–Kier alpha value is -2.01. The quantitative estimate of drug-likeness (QED) is 0.849. The van der Waals surface area contributed by atoms with E-state index in [-0.39, 0.29) is 6.03 Å². The van der Waals surface area contributed by atoms with E-state index in [0.717, 1.165) is 21.5 Å². The van der Waals surface area contributed by atoms with Crippen LogP contribution in [0, 0.1) is 0 Å². The van der Waals surface area contributed by atoms with Crippen LogP contribution in [0.3, 0.4) is 0 Å². The van der Waals surface area contributed by atoms with E-state index in [1.807, 2.05) is 55.5 Å². The minimum absolute atomic E-state index is 0.146. The van der Waals surface area contributed by atoms with E-state index in [9.17, 15) is 4.79 Å². The van der Waals surface area contributed by atoms with Gasteiger partial charge in [0.25, 0.3) is 0 Å². The monoisotopic (exact) mass is 362 g/mol. The molecule has 2 aromatic rings. The van der Waals surface area contributed by atoms with E-state index in [1.165, 1.54) is 0 Å². The van der Waals surface area contributed by atoms with E-state index in [1.54, 1.807) is 11.9 Å². The third-order valence-electron chi connectivity index (χ3n) is 3.08. The van der Waals surface area contributed by atoms with Crippen LogP contribution in [0.15, 0.2) is 53.0 Å². The average Bonchev–Trinajstić information content (AvgIpc) is 2.49. The predicted octanol–water partition coefficient (Wildman–Crippen LogP) is 4.51. The molecule has 0 aliphatic heterocycles. The van der Waals surface area contributed by atoms with Gasteiger partial charge in [0.2, 0.25) is 0 Å². The van der Waals surface area contributed by atoms with Gasteiger partial charge in [0.15, 0.2) is 0 Å². The maximum Gasteiger partial charge on any atom is 0.321 e. The number of benzene rings is 2. The minimum atomic E-state index is -0.146. The van der Waals surface area contributed by atoms with Crippen molar-refractivity contribution in [1.29, 1.82) is 0 Å². The minimum Gasteiger partial charge on any atom is -0.494 e. The van der Waals surface area contributed by atoms with Crippen LogP contribution >= 0.6 is 15.9 Å². The molecule has 0 saturated heterocycles. The largest absolute Gasteiger partial charge is 0.494 e. The van der Waals surface area contributed by atoms with Crippen molar-refractivity contribution < 1.29 is 9.53 Å². The van der Waals surface area contributed by atoms with Gasteiger partial charge >= 0.3 is 6.03 Å².